The van der Waals surface area contributed by atoms with Gasteiger partial charge in [0.05, 0.1) is 6.04 Å². The third-order valence-electron chi connectivity index (χ3n) is 3.70. The minimum atomic E-state index is -0.0159. The first-order valence-corrected chi connectivity index (χ1v) is 7.11. The first-order valence-electron chi connectivity index (χ1n) is 7.11. The fourth-order valence-corrected chi connectivity index (χ4v) is 2.63. The first-order chi connectivity index (χ1) is 9.20. The number of likely N-dealkylation sites (tertiary alicyclic amines) is 1. The van der Waals surface area contributed by atoms with Crippen molar-refractivity contribution in [2.24, 2.45) is 0 Å². The van der Waals surface area contributed by atoms with E-state index in [4.69, 9.17) is 5.73 Å². The summed E-state index contributed by atoms with van der Waals surface area (Å²) in [6.45, 7) is 4.14. The van der Waals surface area contributed by atoms with E-state index in [2.05, 4.69) is 17.1 Å². The smallest absolute Gasteiger partial charge is 0.241 e. The number of benzene rings is 1. The summed E-state index contributed by atoms with van der Waals surface area (Å²) in [5.41, 5.74) is 7.16. The van der Waals surface area contributed by atoms with Crippen LogP contribution < -0.4 is 11.1 Å². The normalized spacial score (nSPS) is 17.9. The SMILES string of the molecule is CCC(C(=O)Nc1ccc(N)cc1)N1CCCCC1. The van der Waals surface area contributed by atoms with Crippen molar-refractivity contribution in [3.8, 4) is 0 Å². The predicted octanol–water partition coefficient (Wildman–Crippen LogP) is 2.47. The number of piperidine rings is 1. The lowest BCUT2D eigenvalue weighted by Crippen LogP contribution is -2.46. The van der Waals surface area contributed by atoms with Gasteiger partial charge < -0.3 is 11.1 Å². The van der Waals surface area contributed by atoms with Crippen molar-refractivity contribution in [1.29, 1.82) is 0 Å². The Hall–Kier alpha value is -1.55. The summed E-state index contributed by atoms with van der Waals surface area (Å²) in [4.78, 5) is 14.6. The van der Waals surface area contributed by atoms with Gasteiger partial charge in [0.1, 0.15) is 0 Å². The van der Waals surface area contributed by atoms with Crippen LogP contribution in [0.2, 0.25) is 0 Å². The number of rotatable bonds is 4. The molecule has 1 heterocycles. The molecule has 3 N–H and O–H groups in total. The van der Waals surface area contributed by atoms with Crippen LogP contribution >= 0.6 is 0 Å². The molecule has 1 unspecified atom stereocenters. The van der Waals surface area contributed by atoms with E-state index >= 15 is 0 Å². The van der Waals surface area contributed by atoms with Gasteiger partial charge in [-0.1, -0.05) is 13.3 Å². The fraction of sp³-hybridized carbons (Fsp3) is 0.533. The highest BCUT2D eigenvalue weighted by molar-refractivity contribution is 5.94. The Balaban J connectivity index is 1.97. The number of nitrogens with two attached hydrogens (primary N) is 1. The van der Waals surface area contributed by atoms with Crippen molar-refractivity contribution < 1.29 is 4.79 Å². The number of hydrogen-bond acceptors (Lipinski definition) is 3. The van der Waals surface area contributed by atoms with Crippen molar-refractivity contribution in [3.05, 3.63) is 24.3 Å². The van der Waals surface area contributed by atoms with Crippen molar-refractivity contribution >= 4 is 17.3 Å². The lowest BCUT2D eigenvalue weighted by atomic mass is 10.1. The molecule has 0 aromatic heterocycles. The Kier molecular flexibility index (Phi) is 4.80. The first kappa shape index (κ1) is 13.9. The zero-order valence-corrected chi connectivity index (χ0v) is 11.6. The maximum absolute atomic E-state index is 12.3. The van der Waals surface area contributed by atoms with E-state index in [0.717, 1.165) is 25.2 Å². The number of nitrogen functional groups attached to an aromatic ring is 1. The van der Waals surface area contributed by atoms with Gasteiger partial charge in [0.2, 0.25) is 5.91 Å². The third kappa shape index (κ3) is 3.70. The second kappa shape index (κ2) is 6.57. The molecule has 4 heteroatoms. The maximum atomic E-state index is 12.3. The highest BCUT2D eigenvalue weighted by atomic mass is 16.2. The summed E-state index contributed by atoms with van der Waals surface area (Å²) in [7, 11) is 0. The molecule has 0 aliphatic carbocycles. The summed E-state index contributed by atoms with van der Waals surface area (Å²) in [6, 6.07) is 7.28. The van der Waals surface area contributed by atoms with Crippen molar-refractivity contribution in [2.75, 3.05) is 24.1 Å². The van der Waals surface area contributed by atoms with E-state index in [-0.39, 0.29) is 11.9 Å². The molecule has 0 radical (unpaired) electrons. The Morgan fingerprint density at radius 2 is 1.89 bits per heavy atom. The summed E-state index contributed by atoms with van der Waals surface area (Å²) in [6.07, 6.45) is 4.53. The lowest BCUT2D eigenvalue weighted by molar-refractivity contribution is -0.121. The third-order valence-corrected chi connectivity index (χ3v) is 3.70. The van der Waals surface area contributed by atoms with Crippen molar-refractivity contribution in [1.82, 2.24) is 4.90 Å². The van der Waals surface area contributed by atoms with E-state index in [0.29, 0.717) is 5.69 Å². The minimum Gasteiger partial charge on any atom is -0.399 e. The van der Waals surface area contributed by atoms with Crippen LogP contribution in [-0.2, 0) is 4.79 Å². The van der Waals surface area contributed by atoms with E-state index in [9.17, 15) is 4.79 Å². The maximum Gasteiger partial charge on any atom is 0.241 e. The highest BCUT2D eigenvalue weighted by Gasteiger charge is 2.25. The van der Waals surface area contributed by atoms with E-state index < -0.39 is 0 Å². The summed E-state index contributed by atoms with van der Waals surface area (Å²) in [5.74, 6) is 0.0918. The Morgan fingerprint density at radius 1 is 1.26 bits per heavy atom. The van der Waals surface area contributed by atoms with Gasteiger partial charge in [0.15, 0.2) is 0 Å². The van der Waals surface area contributed by atoms with Gasteiger partial charge in [-0.15, -0.1) is 0 Å². The average Bonchev–Trinajstić information content (AvgIpc) is 2.43. The zero-order chi connectivity index (χ0) is 13.7. The molecular formula is C15H23N3O. The summed E-state index contributed by atoms with van der Waals surface area (Å²) in [5, 5.41) is 2.98. The van der Waals surface area contributed by atoms with E-state index in [1.54, 1.807) is 12.1 Å². The number of amides is 1. The molecule has 0 spiro atoms. The second-order valence-corrected chi connectivity index (χ2v) is 5.13. The molecule has 1 aliphatic heterocycles. The molecule has 0 saturated carbocycles. The number of nitrogens with zero attached hydrogens (tertiary/aromatic N) is 1. The lowest BCUT2D eigenvalue weighted by Gasteiger charge is -2.33. The quantitative estimate of drug-likeness (QED) is 0.819. The zero-order valence-electron chi connectivity index (χ0n) is 11.6. The number of anilines is 2. The van der Waals surface area contributed by atoms with E-state index in [1.165, 1.54) is 19.3 Å². The average molecular weight is 261 g/mol. The van der Waals surface area contributed by atoms with Gasteiger partial charge in [-0.3, -0.25) is 9.69 Å². The van der Waals surface area contributed by atoms with Crippen LogP contribution in [-0.4, -0.2) is 29.9 Å². The van der Waals surface area contributed by atoms with Crippen LogP contribution in [0.15, 0.2) is 24.3 Å². The largest absolute Gasteiger partial charge is 0.399 e. The molecule has 1 saturated heterocycles. The topological polar surface area (TPSA) is 58.4 Å². The number of nitrogens with one attached hydrogen (secondary N) is 1. The van der Waals surface area contributed by atoms with Gasteiger partial charge in [0, 0.05) is 11.4 Å². The second-order valence-electron chi connectivity index (χ2n) is 5.13. The fourth-order valence-electron chi connectivity index (χ4n) is 2.63. The minimum absolute atomic E-state index is 0.0159. The molecule has 2 rings (SSSR count). The number of carbonyl (C=O) groups is 1. The summed E-state index contributed by atoms with van der Waals surface area (Å²) < 4.78 is 0. The Bertz CT molecular complexity index is 410. The van der Waals surface area contributed by atoms with Gasteiger partial charge in [-0.2, -0.15) is 0 Å². The molecule has 1 aliphatic rings. The molecule has 4 nitrogen and oxygen atoms in total. The van der Waals surface area contributed by atoms with Crippen LogP contribution in [0.4, 0.5) is 11.4 Å². The van der Waals surface area contributed by atoms with Crippen LogP contribution in [0.3, 0.4) is 0 Å². The predicted molar refractivity (Wildman–Crippen MR) is 79.0 cm³/mol. The van der Waals surface area contributed by atoms with E-state index in [1.807, 2.05) is 12.1 Å². The van der Waals surface area contributed by atoms with Gasteiger partial charge in [-0.05, 0) is 56.6 Å². The highest BCUT2D eigenvalue weighted by Crippen LogP contribution is 2.17. The summed E-state index contributed by atoms with van der Waals surface area (Å²) >= 11 is 0. The molecule has 1 fully saturated rings. The molecule has 104 valence electrons. The molecule has 1 aromatic carbocycles. The van der Waals surface area contributed by atoms with Gasteiger partial charge in [-0.25, -0.2) is 0 Å². The molecule has 19 heavy (non-hydrogen) atoms. The van der Waals surface area contributed by atoms with Crippen LogP contribution in [0.1, 0.15) is 32.6 Å². The van der Waals surface area contributed by atoms with Crippen LogP contribution in [0, 0.1) is 0 Å². The molecule has 1 atom stereocenters. The van der Waals surface area contributed by atoms with Crippen LogP contribution in [0.5, 0.6) is 0 Å². The monoisotopic (exact) mass is 261 g/mol. The molecule has 0 bridgehead atoms. The number of carbonyl (C=O) groups excluding carboxylic acids is 1. The number of hydrogen-bond donors (Lipinski definition) is 2. The standard InChI is InChI=1S/C15H23N3O/c1-2-14(18-10-4-3-5-11-18)15(19)17-13-8-6-12(16)7-9-13/h6-9,14H,2-5,10-11,16H2,1H3,(H,17,19). The molecule has 1 aromatic rings. The Labute approximate surface area is 115 Å². The van der Waals surface area contributed by atoms with Crippen LogP contribution in [0.25, 0.3) is 0 Å². The molecule has 1 amide bonds. The Morgan fingerprint density at radius 3 is 2.47 bits per heavy atom. The van der Waals surface area contributed by atoms with Gasteiger partial charge in [0.25, 0.3) is 0 Å². The van der Waals surface area contributed by atoms with Crippen molar-refractivity contribution in [3.63, 3.8) is 0 Å². The van der Waals surface area contributed by atoms with Crippen molar-refractivity contribution in [2.45, 2.75) is 38.6 Å². The van der Waals surface area contributed by atoms with Gasteiger partial charge >= 0.3 is 0 Å². The molecular weight excluding hydrogens is 238 g/mol.